The van der Waals surface area contributed by atoms with Crippen molar-refractivity contribution in [1.29, 1.82) is 0 Å². The molecule has 5 nitrogen and oxygen atoms in total. The SMILES string of the molecule is CC(=O)c1cc(C(=O)c2cc(F)ccc2O)cn(-c2ccc(C)cc2)c1=O. The first-order valence-corrected chi connectivity index (χ1v) is 8.16. The number of benzene rings is 2. The summed E-state index contributed by atoms with van der Waals surface area (Å²) in [5.41, 5.74) is 0.463. The van der Waals surface area contributed by atoms with Crippen LogP contribution in [-0.4, -0.2) is 21.2 Å². The second kappa shape index (κ2) is 6.99. The Morgan fingerprint density at radius 1 is 1.00 bits per heavy atom. The highest BCUT2D eigenvalue weighted by Crippen LogP contribution is 2.22. The van der Waals surface area contributed by atoms with E-state index in [-0.39, 0.29) is 22.4 Å². The number of rotatable bonds is 4. The van der Waals surface area contributed by atoms with Gasteiger partial charge in [0.05, 0.1) is 11.1 Å². The number of aromatic nitrogens is 1. The number of aromatic hydroxyl groups is 1. The third-order valence-corrected chi connectivity index (χ3v) is 4.17. The smallest absolute Gasteiger partial charge is 0.265 e. The number of pyridine rings is 1. The second-order valence-corrected chi connectivity index (χ2v) is 6.20. The Labute approximate surface area is 154 Å². The summed E-state index contributed by atoms with van der Waals surface area (Å²) in [6.45, 7) is 3.12. The van der Waals surface area contributed by atoms with Gasteiger partial charge in [0.1, 0.15) is 11.6 Å². The lowest BCUT2D eigenvalue weighted by atomic mass is 10.0. The molecule has 2 aromatic carbocycles. The van der Waals surface area contributed by atoms with Crippen LogP contribution in [0.3, 0.4) is 0 Å². The van der Waals surface area contributed by atoms with Crippen molar-refractivity contribution < 1.29 is 19.1 Å². The van der Waals surface area contributed by atoms with Gasteiger partial charge in [0.2, 0.25) is 0 Å². The molecule has 6 heteroatoms. The highest BCUT2D eigenvalue weighted by Gasteiger charge is 2.19. The molecule has 3 rings (SSSR count). The fourth-order valence-electron chi connectivity index (χ4n) is 2.70. The normalized spacial score (nSPS) is 10.6. The number of phenols is 1. The number of nitrogens with zero attached hydrogens (tertiary/aromatic N) is 1. The minimum Gasteiger partial charge on any atom is -0.507 e. The zero-order valence-corrected chi connectivity index (χ0v) is 14.7. The number of phenolic OH excluding ortho intramolecular Hbond substituents is 1. The van der Waals surface area contributed by atoms with E-state index in [4.69, 9.17) is 0 Å². The summed E-state index contributed by atoms with van der Waals surface area (Å²) in [5, 5.41) is 9.89. The minimum absolute atomic E-state index is 0.0127. The van der Waals surface area contributed by atoms with E-state index in [0.29, 0.717) is 5.69 Å². The largest absolute Gasteiger partial charge is 0.507 e. The molecular weight excluding hydrogens is 349 g/mol. The summed E-state index contributed by atoms with van der Waals surface area (Å²) >= 11 is 0. The maximum absolute atomic E-state index is 13.5. The summed E-state index contributed by atoms with van der Waals surface area (Å²) in [5.74, 6) is -2.28. The fourth-order valence-corrected chi connectivity index (χ4v) is 2.70. The first kappa shape index (κ1) is 18.3. The summed E-state index contributed by atoms with van der Waals surface area (Å²) in [6, 6.07) is 11.1. The van der Waals surface area contributed by atoms with Gasteiger partial charge in [0.15, 0.2) is 11.6 Å². The number of halogens is 1. The Hall–Kier alpha value is -3.54. The monoisotopic (exact) mass is 365 g/mol. The highest BCUT2D eigenvalue weighted by atomic mass is 19.1. The van der Waals surface area contributed by atoms with Crippen molar-refractivity contribution in [3.05, 3.63) is 93.2 Å². The lowest BCUT2D eigenvalue weighted by molar-refractivity contribution is 0.101. The minimum atomic E-state index is -0.699. The molecule has 0 aliphatic heterocycles. The maximum atomic E-state index is 13.5. The Kier molecular flexibility index (Phi) is 4.73. The lowest BCUT2D eigenvalue weighted by Gasteiger charge is -2.11. The number of ketones is 2. The summed E-state index contributed by atoms with van der Waals surface area (Å²) in [7, 11) is 0. The summed E-state index contributed by atoms with van der Waals surface area (Å²) in [4.78, 5) is 37.3. The molecule has 1 N–H and O–H groups in total. The molecule has 0 amide bonds. The Balaban J connectivity index is 2.23. The topological polar surface area (TPSA) is 76.4 Å². The molecule has 0 bridgehead atoms. The van der Waals surface area contributed by atoms with Crippen molar-refractivity contribution in [3.8, 4) is 11.4 Å². The molecule has 1 aromatic heterocycles. The molecule has 0 aliphatic carbocycles. The van der Waals surface area contributed by atoms with Gasteiger partial charge in [0, 0.05) is 17.4 Å². The van der Waals surface area contributed by atoms with E-state index >= 15 is 0 Å². The molecule has 0 atom stereocenters. The van der Waals surface area contributed by atoms with E-state index in [9.17, 15) is 23.9 Å². The fraction of sp³-hybridized carbons (Fsp3) is 0.0952. The molecule has 136 valence electrons. The predicted octanol–water partition coefficient (Wildman–Crippen LogP) is 3.42. The average Bonchev–Trinajstić information content (AvgIpc) is 2.64. The second-order valence-electron chi connectivity index (χ2n) is 6.20. The van der Waals surface area contributed by atoms with Crippen LogP contribution in [0.2, 0.25) is 0 Å². The van der Waals surface area contributed by atoms with E-state index < -0.39 is 22.9 Å². The Bertz CT molecular complexity index is 1110. The third-order valence-electron chi connectivity index (χ3n) is 4.17. The molecular formula is C21H16FNO4. The Morgan fingerprint density at radius 3 is 2.30 bits per heavy atom. The van der Waals surface area contributed by atoms with Crippen LogP contribution in [0.4, 0.5) is 4.39 Å². The van der Waals surface area contributed by atoms with Gasteiger partial charge >= 0.3 is 0 Å². The van der Waals surface area contributed by atoms with E-state index in [1.54, 1.807) is 24.3 Å². The number of hydrogen-bond donors (Lipinski definition) is 1. The predicted molar refractivity (Wildman–Crippen MR) is 98.3 cm³/mol. The molecule has 0 saturated heterocycles. The first-order chi connectivity index (χ1) is 12.8. The average molecular weight is 365 g/mol. The van der Waals surface area contributed by atoms with Crippen LogP contribution in [0, 0.1) is 12.7 Å². The first-order valence-electron chi connectivity index (χ1n) is 8.16. The van der Waals surface area contributed by atoms with Crippen LogP contribution in [0.5, 0.6) is 5.75 Å². The van der Waals surface area contributed by atoms with Crippen LogP contribution in [0.25, 0.3) is 5.69 Å². The van der Waals surface area contributed by atoms with Crippen molar-refractivity contribution in [2.75, 3.05) is 0 Å². The van der Waals surface area contributed by atoms with Crippen molar-refractivity contribution in [2.45, 2.75) is 13.8 Å². The standard InChI is InChI=1S/C21H16FNO4/c1-12-3-6-16(7-4-12)23-11-14(9-17(13(2)24)21(23)27)20(26)18-10-15(22)5-8-19(18)25/h3-11,25H,1-2H3. The summed E-state index contributed by atoms with van der Waals surface area (Å²) < 4.78 is 14.7. The van der Waals surface area contributed by atoms with Crippen molar-refractivity contribution in [3.63, 3.8) is 0 Å². The zero-order valence-electron chi connectivity index (χ0n) is 14.7. The van der Waals surface area contributed by atoms with Gasteiger partial charge in [-0.1, -0.05) is 17.7 Å². The van der Waals surface area contributed by atoms with Gasteiger partial charge in [-0.2, -0.15) is 0 Å². The third kappa shape index (κ3) is 3.55. The van der Waals surface area contributed by atoms with Gasteiger partial charge in [-0.15, -0.1) is 0 Å². The zero-order chi connectivity index (χ0) is 19.7. The number of carbonyl (C=O) groups excluding carboxylic acids is 2. The van der Waals surface area contributed by atoms with Crippen LogP contribution in [0.1, 0.15) is 38.8 Å². The van der Waals surface area contributed by atoms with E-state index in [1.807, 2.05) is 6.92 Å². The molecule has 0 saturated carbocycles. The van der Waals surface area contributed by atoms with Crippen molar-refractivity contribution >= 4 is 11.6 Å². The molecule has 27 heavy (non-hydrogen) atoms. The highest BCUT2D eigenvalue weighted by molar-refractivity contribution is 6.11. The number of Topliss-reactive ketones (excluding diaryl/α,β-unsaturated/α-hetero) is 1. The Morgan fingerprint density at radius 2 is 1.67 bits per heavy atom. The molecule has 0 spiro atoms. The van der Waals surface area contributed by atoms with Crippen molar-refractivity contribution in [2.24, 2.45) is 0 Å². The lowest BCUT2D eigenvalue weighted by Crippen LogP contribution is -2.25. The quantitative estimate of drug-likeness (QED) is 0.719. The number of aryl methyl sites for hydroxylation is 1. The molecule has 0 radical (unpaired) electrons. The number of hydrogen-bond acceptors (Lipinski definition) is 4. The van der Waals surface area contributed by atoms with Gasteiger partial charge in [-0.05, 0) is 50.2 Å². The van der Waals surface area contributed by atoms with Crippen molar-refractivity contribution in [1.82, 2.24) is 4.57 Å². The number of carbonyl (C=O) groups is 2. The van der Waals surface area contributed by atoms with Gasteiger partial charge in [-0.25, -0.2) is 4.39 Å². The van der Waals surface area contributed by atoms with Crippen LogP contribution in [-0.2, 0) is 0 Å². The van der Waals surface area contributed by atoms with Gasteiger partial charge in [0.25, 0.3) is 5.56 Å². The molecule has 0 unspecified atom stereocenters. The van der Waals surface area contributed by atoms with E-state index in [2.05, 4.69) is 0 Å². The van der Waals surface area contributed by atoms with Crippen LogP contribution < -0.4 is 5.56 Å². The van der Waals surface area contributed by atoms with Gasteiger partial charge < -0.3 is 5.11 Å². The van der Waals surface area contributed by atoms with E-state index in [0.717, 1.165) is 23.8 Å². The molecule has 3 aromatic rings. The molecule has 0 fully saturated rings. The van der Waals surface area contributed by atoms with Crippen LogP contribution >= 0.6 is 0 Å². The molecule has 0 aliphatic rings. The van der Waals surface area contributed by atoms with Gasteiger partial charge in [-0.3, -0.25) is 19.0 Å². The van der Waals surface area contributed by atoms with Crippen LogP contribution in [0.15, 0.2) is 59.5 Å². The summed E-state index contributed by atoms with van der Waals surface area (Å²) in [6.07, 6.45) is 1.28. The van der Waals surface area contributed by atoms with E-state index in [1.165, 1.54) is 23.8 Å². The molecule has 1 heterocycles. The maximum Gasteiger partial charge on any atom is 0.265 e.